The van der Waals surface area contributed by atoms with Crippen LogP contribution in [0.15, 0.2) is 54.9 Å². The molecule has 3 aromatic rings. The molecule has 5 rings (SSSR count). The van der Waals surface area contributed by atoms with Crippen LogP contribution in [0.5, 0.6) is 5.88 Å². The molecule has 7 heteroatoms. The Morgan fingerprint density at radius 3 is 2.48 bits per heavy atom. The van der Waals surface area contributed by atoms with E-state index in [2.05, 4.69) is 27.0 Å². The molecule has 172 valence electrons. The second kappa shape index (κ2) is 9.75. The van der Waals surface area contributed by atoms with Gasteiger partial charge < -0.3 is 15.4 Å². The van der Waals surface area contributed by atoms with Gasteiger partial charge in [0, 0.05) is 62.2 Å². The smallest absolute Gasteiger partial charge is 0.225 e. The maximum Gasteiger partial charge on any atom is 0.225 e. The molecule has 2 N–H and O–H groups in total. The van der Waals surface area contributed by atoms with Crippen molar-refractivity contribution in [3.63, 3.8) is 0 Å². The third kappa shape index (κ3) is 5.25. The summed E-state index contributed by atoms with van der Waals surface area (Å²) in [6.07, 6.45) is 7.25. The number of nitrogen functional groups attached to an aromatic ring is 1. The first-order chi connectivity index (χ1) is 16.1. The van der Waals surface area contributed by atoms with E-state index < -0.39 is 0 Å². The molecule has 2 aromatic heterocycles. The zero-order chi connectivity index (χ0) is 22.6. The summed E-state index contributed by atoms with van der Waals surface area (Å²) in [5, 5.41) is 2.25. The fourth-order valence-electron chi connectivity index (χ4n) is 4.94. The number of benzene rings is 1. The van der Waals surface area contributed by atoms with Gasteiger partial charge >= 0.3 is 0 Å². The Kier molecular flexibility index (Phi) is 6.39. The van der Waals surface area contributed by atoms with Gasteiger partial charge in [-0.15, -0.1) is 0 Å². The Morgan fingerprint density at radius 2 is 1.73 bits per heavy atom. The predicted octanol–water partition coefficient (Wildman–Crippen LogP) is 3.49. The summed E-state index contributed by atoms with van der Waals surface area (Å²) in [5.41, 5.74) is 6.97. The highest BCUT2D eigenvalue weighted by atomic mass is 16.5. The molecule has 1 aromatic carbocycles. The van der Waals surface area contributed by atoms with Crippen LogP contribution in [0.1, 0.15) is 31.2 Å². The number of ether oxygens (including phenoxy) is 1. The van der Waals surface area contributed by atoms with Crippen LogP contribution in [0.2, 0.25) is 0 Å². The number of carbonyl (C=O) groups is 1. The molecule has 0 aliphatic carbocycles. The second-order valence-electron chi connectivity index (χ2n) is 9.15. The molecule has 2 fully saturated rings. The first-order valence-electron chi connectivity index (χ1n) is 11.9. The summed E-state index contributed by atoms with van der Waals surface area (Å²) >= 11 is 0. The van der Waals surface area contributed by atoms with Crippen LogP contribution in [-0.2, 0) is 11.3 Å². The number of nitrogens with zero attached hydrogens (tertiary/aromatic N) is 4. The van der Waals surface area contributed by atoms with Crippen molar-refractivity contribution in [1.82, 2.24) is 19.8 Å². The lowest BCUT2D eigenvalue weighted by Gasteiger charge is -2.37. The number of fused-ring (bicyclic) bond motifs is 1. The van der Waals surface area contributed by atoms with Crippen molar-refractivity contribution in [3.8, 4) is 5.88 Å². The molecular formula is C26H31N5O2. The number of rotatable bonds is 5. The molecule has 33 heavy (non-hydrogen) atoms. The Bertz CT molecular complexity index is 1100. The van der Waals surface area contributed by atoms with Crippen LogP contribution in [0.4, 0.5) is 5.82 Å². The zero-order valence-corrected chi connectivity index (χ0v) is 18.9. The third-order valence-corrected chi connectivity index (χ3v) is 6.84. The van der Waals surface area contributed by atoms with Gasteiger partial charge in [0.05, 0.1) is 0 Å². The lowest BCUT2D eigenvalue weighted by atomic mass is 9.94. The topological polar surface area (TPSA) is 84.6 Å². The molecule has 7 nitrogen and oxygen atoms in total. The number of nitrogens with two attached hydrogens (primary N) is 1. The highest BCUT2D eigenvalue weighted by Gasteiger charge is 2.31. The van der Waals surface area contributed by atoms with E-state index in [0.717, 1.165) is 69.2 Å². The minimum atomic E-state index is 0.109. The minimum Gasteiger partial charge on any atom is -0.474 e. The van der Waals surface area contributed by atoms with Gasteiger partial charge in [-0.1, -0.05) is 24.3 Å². The summed E-state index contributed by atoms with van der Waals surface area (Å²) in [5.74, 6) is 1.66. The van der Waals surface area contributed by atoms with Gasteiger partial charge in [0.15, 0.2) is 0 Å². The maximum absolute atomic E-state index is 13.1. The van der Waals surface area contributed by atoms with Crippen molar-refractivity contribution in [1.29, 1.82) is 0 Å². The monoisotopic (exact) mass is 445 g/mol. The molecule has 2 aliphatic heterocycles. The Labute approximate surface area is 194 Å². The van der Waals surface area contributed by atoms with Crippen LogP contribution in [0.3, 0.4) is 0 Å². The Morgan fingerprint density at radius 1 is 0.970 bits per heavy atom. The summed E-state index contributed by atoms with van der Waals surface area (Å²) < 4.78 is 6.15. The van der Waals surface area contributed by atoms with Crippen molar-refractivity contribution in [2.75, 3.05) is 31.9 Å². The van der Waals surface area contributed by atoms with Crippen molar-refractivity contribution in [2.45, 2.75) is 38.3 Å². The van der Waals surface area contributed by atoms with E-state index in [1.807, 2.05) is 41.4 Å². The minimum absolute atomic E-state index is 0.109. The summed E-state index contributed by atoms with van der Waals surface area (Å²) in [6.45, 7) is 4.25. The first-order valence-corrected chi connectivity index (χ1v) is 11.9. The van der Waals surface area contributed by atoms with E-state index >= 15 is 0 Å². The fourth-order valence-corrected chi connectivity index (χ4v) is 4.94. The highest BCUT2D eigenvalue weighted by molar-refractivity contribution is 5.82. The van der Waals surface area contributed by atoms with Crippen LogP contribution in [0.25, 0.3) is 10.8 Å². The quantitative estimate of drug-likeness (QED) is 0.647. The van der Waals surface area contributed by atoms with Crippen LogP contribution in [0, 0.1) is 5.92 Å². The average Bonchev–Trinajstić information content (AvgIpc) is 2.85. The van der Waals surface area contributed by atoms with Gasteiger partial charge in [0.2, 0.25) is 11.8 Å². The summed E-state index contributed by atoms with van der Waals surface area (Å²) in [7, 11) is 0. The maximum atomic E-state index is 13.1. The van der Waals surface area contributed by atoms with E-state index in [-0.39, 0.29) is 12.0 Å². The summed E-state index contributed by atoms with van der Waals surface area (Å²) in [4.78, 5) is 26.1. The number of hydrogen-bond donors (Lipinski definition) is 1. The van der Waals surface area contributed by atoms with Gasteiger partial charge in [-0.25, -0.2) is 9.97 Å². The molecule has 0 unspecified atom stereocenters. The molecule has 1 amide bonds. The molecule has 2 aliphatic rings. The number of carbonyl (C=O) groups excluding carboxylic acids is 1. The second-order valence-corrected chi connectivity index (χ2v) is 9.15. The van der Waals surface area contributed by atoms with E-state index in [9.17, 15) is 4.79 Å². The fraction of sp³-hybridized carbons (Fsp3) is 0.423. The number of pyridine rings is 2. The van der Waals surface area contributed by atoms with Gasteiger partial charge in [-0.3, -0.25) is 9.69 Å². The normalized spacial score (nSPS) is 18.5. The first kappa shape index (κ1) is 21.6. The third-order valence-electron chi connectivity index (χ3n) is 6.84. The molecule has 0 spiro atoms. The molecule has 2 saturated heterocycles. The summed E-state index contributed by atoms with van der Waals surface area (Å²) in [6, 6.07) is 14.1. The van der Waals surface area contributed by atoms with Crippen molar-refractivity contribution < 1.29 is 9.53 Å². The largest absolute Gasteiger partial charge is 0.474 e. The van der Waals surface area contributed by atoms with Crippen molar-refractivity contribution in [3.05, 3.63) is 60.4 Å². The molecule has 0 radical (unpaired) electrons. The van der Waals surface area contributed by atoms with Crippen LogP contribution < -0.4 is 10.5 Å². The number of amides is 1. The number of aromatic nitrogens is 2. The average molecular weight is 446 g/mol. The van der Waals surface area contributed by atoms with Gasteiger partial charge in [-0.2, -0.15) is 0 Å². The number of likely N-dealkylation sites (tertiary alicyclic amines) is 2. The molecular weight excluding hydrogens is 414 g/mol. The number of hydrogen-bond acceptors (Lipinski definition) is 6. The molecule has 0 bridgehead atoms. The van der Waals surface area contributed by atoms with Crippen molar-refractivity contribution in [2.24, 2.45) is 5.92 Å². The van der Waals surface area contributed by atoms with Gasteiger partial charge in [-0.05, 0) is 49.0 Å². The van der Waals surface area contributed by atoms with E-state index in [4.69, 9.17) is 10.5 Å². The Hall–Kier alpha value is -3.19. The van der Waals surface area contributed by atoms with Crippen LogP contribution >= 0.6 is 0 Å². The van der Waals surface area contributed by atoms with E-state index in [1.165, 1.54) is 5.56 Å². The van der Waals surface area contributed by atoms with Gasteiger partial charge in [0.25, 0.3) is 0 Å². The number of piperidine rings is 2. The number of anilines is 1. The highest BCUT2D eigenvalue weighted by Crippen LogP contribution is 2.25. The predicted molar refractivity (Wildman–Crippen MR) is 129 cm³/mol. The molecule has 0 atom stereocenters. The van der Waals surface area contributed by atoms with Crippen molar-refractivity contribution >= 4 is 22.5 Å². The SMILES string of the molecule is Nc1cc(CN2CCC(C(=O)N3CCC(Oc4cc5ccccc5cn4)CC3)CC2)ccn1. The lowest BCUT2D eigenvalue weighted by molar-refractivity contribution is -0.139. The zero-order valence-electron chi connectivity index (χ0n) is 18.9. The standard InChI is InChI=1S/C26H31N5O2/c27-24-15-19(5-10-28-24)18-30-11-6-20(7-12-30)26(32)31-13-8-23(9-14-31)33-25-16-21-3-1-2-4-22(21)17-29-25/h1-5,10,15-17,20,23H,6-9,11-14,18H2,(H2,27,28). The lowest BCUT2D eigenvalue weighted by Crippen LogP contribution is -2.47. The Balaban J connectivity index is 1.08. The molecule has 4 heterocycles. The van der Waals surface area contributed by atoms with Crippen LogP contribution in [-0.4, -0.2) is 58.0 Å². The van der Waals surface area contributed by atoms with Gasteiger partial charge in [0.1, 0.15) is 11.9 Å². The molecule has 0 saturated carbocycles. The van der Waals surface area contributed by atoms with E-state index in [1.54, 1.807) is 6.20 Å². The van der Waals surface area contributed by atoms with E-state index in [0.29, 0.717) is 17.6 Å².